The van der Waals surface area contributed by atoms with Gasteiger partial charge in [0.2, 0.25) is 5.91 Å². The third-order valence-corrected chi connectivity index (χ3v) is 3.72. The van der Waals surface area contributed by atoms with Crippen molar-refractivity contribution in [1.29, 1.82) is 0 Å². The fourth-order valence-electron chi connectivity index (χ4n) is 1.30. The maximum absolute atomic E-state index is 11.0. The summed E-state index contributed by atoms with van der Waals surface area (Å²) in [5.41, 5.74) is 0. The maximum atomic E-state index is 11.0. The summed E-state index contributed by atoms with van der Waals surface area (Å²) in [6.07, 6.45) is 1.77. The molecule has 1 N–H and O–H groups in total. The molecule has 1 amide bonds. The van der Waals surface area contributed by atoms with Gasteiger partial charge in [0.1, 0.15) is 0 Å². The largest absolute Gasteiger partial charge is 0.545 e. The molecule has 15 heavy (non-hydrogen) atoms. The molecule has 84 valence electrons. The summed E-state index contributed by atoms with van der Waals surface area (Å²) in [7, 11) is -3.04. The van der Waals surface area contributed by atoms with Gasteiger partial charge in [-0.2, -0.15) is 0 Å². The highest BCUT2D eigenvalue weighted by Gasteiger charge is 2.28. The normalized spacial score (nSPS) is 24.1. The smallest absolute Gasteiger partial charge is 0.244 e. The first kappa shape index (κ1) is 11.7. The highest BCUT2D eigenvalue weighted by Crippen LogP contribution is 2.10. The Hall–Kier alpha value is -1.37. The molecule has 1 heterocycles. The van der Waals surface area contributed by atoms with Crippen molar-refractivity contribution in [2.45, 2.75) is 12.5 Å². The lowest BCUT2D eigenvalue weighted by Gasteiger charge is -2.07. The van der Waals surface area contributed by atoms with Gasteiger partial charge >= 0.3 is 0 Å². The van der Waals surface area contributed by atoms with E-state index in [1.807, 2.05) is 0 Å². The first-order valence-electron chi connectivity index (χ1n) is 4.29. The van der Waals surface area contributed by atoms with E-state index in [1.54, 1.807) is 0 Å². The molecule has 1 aliphatic rings. The highest BCUT2D eigenvalue weighted by atomic mass is 32.2. The monoisotopic (exact) mass is 232 g/mol. The Balaban J connectivity index is 2.44. The van der Waals surface area contributed by atoms with E-state index in [4.69, 9.17) is 0 Å². The zero-order chi connectivity index (χ0) is 11.5. The van der Waals surface area contributed by atoms with Crippen LogP contribution in [0, 0.1) is 0 Å². The molecule has 1 atom stereocenters. The summed E-state index contributed by atoms with van der Waals surface area (Å²) in [4.78, 5) is 21.0. The number of rotatable bonds is 3. The molecular weight excluding hydrogens is 222 g/mol. The maximum Gasteiger partial charge on any atom is 0.244 e. The number of carboxylic acid groups (broad SMARTS) is 1. The van der Waals surface area contributed by atoms with Crippen molar-refractivity contribution in [1.82, 2.24) is 5.32 Å². The van der Waals surface area contributed by atoms with E-state index in [0.29, 0.717) is 12.5 Å². The number of carbonyl (C=O) groups is 2. The van der Waals surface area contributed by atoms with Crippen LogP contribution in [-0.4, -0.2) is 37.8 Å². The zero-order valence-electron chi connectivity index (χ0n) is 7.80. The minimum Gasteiger partial charge on any atom is -0.545 e. The van der Waals surface area contributed by atoms with Crippen LogP contribution in [0.25, 0.3) is 0 Å². The molecular formula is C8H10NO5S-. The number of carboxylic acids is 1. The zero-order valence-corrected chi connectivity index (χ0v) is 8.62. The quantitative estimate of drug-likeness (QED) is 0.546. The molecule has 0 radical (unpaired) electrons. The van der Waals surface area contributed by atoms with Crippen molar-refractivity contribution in [3.63, 3.8) is 0 Å². The van der Waals surface area contributed by atoms with E-state index in [9.17, 15) is 23.1 Å². The predicted octanol–water partition coefficient (Wildman–Crippen LogP) is -2.40. The van der Waals surface area contributed by atoms with Gasteiger partial charge in [0, 0.05) is 12.1 Å². The molecule has 1 fully saturated rings. The van der Waals surface area contributed by atoms with Crippen molar-refractivity contribution >= 4 is 21.7 Å². The molecule has 6 nitrogen and oxygen atoms in total. The van der Waals surface area contributed by atoms with Gasteiger partial charge < -0.3 is 15.2 Å². The summed E-state index contributed by atoms with van der Waals surface area (Å²) >= 11 is 0. The number of sulfone groups is 1. The first-order chi connectivity index (χ1) is 6.89. The van der Waals surface area contributed by atoms with Gasteiger partial charge in [-0.25, -0.2) is 8.42 Å². The lowest BCUT2D eigenvalue weighted by molar-refractivity contribution is -0.297. The first-order valence-corrected chi connectivity index (χ1v) is 6.11. The number of nitrogens with one attached hydrogen (secondary N) is 1. The second-order valence-corrected chi connectivity index (χ2v) is 5.49. The topological polar surface area (TPSA) is 103 Å². The molecule has 0 bridgehead atoms. The molecule has 7 heteroatoms. The second kappa shape index (κ2) is 4.43. The lowest BCUT2D eigenvalue weighted by atomic mass is 10.2. The number of hydrogen-bond acceptors (Lipinski definition) is 5. The molecule has 1 saturated heterocycles. The van der Waals surface area contributed by atoms with Crippen LogP contribution in [0.3, 0.4) is 0 Å². The van der Waals surface area contributed by atoms with Crippen LogP contribution in [0.15, 0.2) is 12.2 Å². The Morgan fingerprint density at radius 1 is 1.33 bits per heavy atom. The summed E-state index contributed by atoms with van der Waals surface area (Å²) in [6.45, 7) is 0. The van der Waals surface area contributed by atoms with E-state index in [0.717, 1.165) is 6.08 Å². The molecule has 0 aromatic carbocycles. The lowest BCUT2D eigenvalue weighted by Crippen LogP contribution is -2.34. The van der Waals surface area contributed by atoms with Gasteiger partial charge in [-0.05, 0) is 12.5 Å². The Kier molecular flexibility index (Phi) is 3.46. The number of amides is 1. The summed E-state index contributed by atoms with van der Waals surface area (Å²) in [5, 5.41) is 12.4. The van der Waals surface area contributed by atoms with E-state index in [-0.39, 0.29) is 11.5 Å². The van der Waals surface area contributed by atoms with Crippen LogP contribution < -0.4 is 10.4 Å². The third-order valence-electron chi connectivity index (χ3n) is 1.95. The van der Waals surface area contributed by atoms with Gasteiger partial charge in [0.15, 0.2) is 9.84 Å². The number of carbonyl (C=O) groups excluding carboxylic acids is 2. The van der Waals surface area contributed by atoms with Crippen molar-refractivity contribution in [2.75, 3.05) is 11.5 Å². The number of hydrogen-bond donors (Lipinski definition) is 1. The highest BCUT2D eigenvalue weighted by molar-refractivity contribution is 7.91. The average molecular weight is 232 g/mol. The molecule has 0 saturated carbocycles. The van der Waals surface area contributed by atoms with E-state index < -0.39 is 27.8 Å². The van der Waals surface area contributed by atoms with Gasteiger partial charge in [0.25, 0.3) is 0 Å². The minimum atomic E-state index is -3.04. The Bertz CT molecular complexity index is 397. The molecule has 0 aromatic heterocycles. The van der Waals surface area contributed by atoms with Gasteiger partial charge in [-0.1, -0.05) is 0 Å². The number of aliphatic carboxylic acids is 1. The van der Waals surface area contributed by atoms with Crippen molar-refractivity contribution in [3.05, 3.63) is 12.2 Å². The van der Waals surface area contributed by atoms with Gasteiger partial charge in [0.05, 0.1) is 17.5 Å². The van der Waals surface area contributed by atoms with E-state index in [1.165, 1.54) is 0 Å². The molecule has 1 rings (SSSR count). The van der Waals surface area contributed by atoms with E-state index in [2.05, 4.69) is 5.32 Å². The minimum absolute atomic E-state index is 0.0577. The van der Waals surface area contributed by atoms with Crippen LogP contribution in [0.4, 0.5) is 0 Å². The van der Waals surface area contributed by atoms with Crippen LogP contribution in [0.1, 0.15) is 6.42 Å². The molecule has 0 aromatic rings. The summed E-state index contributed by atoms with van der Waals surface area (Å²) in [6, 6.07) is -0.422. The molecule has 0 aliphatic carbocycles. The second-order valence-electron chi connectivity index (χ2n) is 3.26. The van der Waals surface area contributed by atoms with Crippen LogP contribution in [-0.2, 0) is 19.4 Å². The summed E-state index contributed by atoms with van der Waals surface area (Å²) in [5.74, 6) is -2.12. The Morgan fingerprint density at radius 3 is 2.47 bits per heavy atom. The van der Waals surface area contributed by atoms with Crippen LogP contribution in [0.5, 0.6) is 0 Å². The van der Waals surface area contributed by atoms with Gasteiger partial charge in [-0.3, -0.25) is 4.79 Å². The standard InChI is InChI=1S/C8H11NO5S/c10-7(1-2-8(11)12)9-6-3-4-15(13,14)5-6/h1-2,6H,3-5H2,(H,9,10)(H,11,12)/p-1/b2-1+/t6-/m1/s1. The molecule has 0 unspecified atom stereocenters. The Morgan fingerprint density at radius 2 is 2.00 bits per heavy atom. The SMILES string of the molecule is O=C([O-])/C=C/C(=O)N[C@@H]1CCS(=O)(=O)C1. The third kappa shape index (κ3) is 4.11. The van der Waals surface area contributed by atoms with Crippen LogP contribution in [0.2, 0.25) is 0 Å². The average Bonchev–Trinajstić information content (AvgIpc) is 2.42. The fraction of sp³-hybridized carbons (Fsp3) is 0.500. The fourth-order valence-corrected chi connectivity index (χ4v) is 2.98. The van der Waals surface area contributed by atoms with Crippen molar-refractivity contribution in [2.24, 2.45) is 0 Å². The van der Waals surface area contributed by atoms with E-state index >= 15 is 0 Å². The summed E-state index contributed by atoms with van der Waals surface area (Å²) < 4.78 is 22.0. The van der Waals surface area contributed by atoms with Crippen LogP contribution >= 0.6 is 0 Å². The molecule has 1 aliphatic heterocycles. The predicted molar refractivity (Wildman–Crippen MR) is 49.3 cm³/mol. The van der Waals surface area contributed by atoms with Crippen molar-refractivity contribution in [3.8, 4) is 0 Å². The Labute approximate surface area is 86.9 Å². The van der Waals surface area contributed by atoms with Crippen molar-refractivity contribution < 1.29 is 23.1 Å². The van der Waals surface area contributed by atoms with Gasteiger partial charge in [-0.15, -0.1) is 0 Å². The molecule has 0 spiro atoms.